The van der Waals surface area contributed by atoms with E-state index < -0.39 is 27.6 Å². The number of ether oxygens (including phenoxy) is 1. The minimum absolute atomic E-state index is 0.0550. The minimum atomic E-state index is -3.67. The number of aromatic amines is 1. The zero-order chi connectivity index (χ0) is 21.9. The monoisotopic (exact) mass is 457 g/mol. The molecule has 2 heterocycles. The second kappa shape index (κ2) is 8.67. The summed E-state index contributed by atoms with van der Waals surface area (Å²) >= 11 is 6.12. The zero-order valence-corrected chi connectivity index (χ0v) is 17.4. The van der Waals surface area contributed by atoms with Gasteiger partial charge in [0, 0.05) is 0 Å². The molecule has 160 valence electrons. The third-order valence-electron chi connectivity index (χ3n) is 3.82. The molecule has 4 N–H and O–H groups in total. The van der Waals surface area contributed by atoms with E-state index >= 15 is 0 Å². The predicted molar refractivity (Wildman–Crippen MR) is 110 cm³/mol. The number of H-pyrrole nitrogens is 1. The van der Waals surface area contributed by atoms with Crippen LogP contribution in [0.5, 0.6) is 5.88 Å². The van der Waals surface area contributed by atoms with Gasteiger partial charge in [-0.15, -0.1) is 5.10 Å². The Bertz CT molecular complexity index is 1200. The molecule has 0 aliphatic heterocycles. The number of halogens is 2. The van der Waals surface area contributed by atoms with Gasteiger partial charge in [-0.1, -0.05) is 18.5 Å². The highest BCUT2D eigenvalue weighted by Gasteiger charge is 2.20. The van der Waals surface area contributed by atoms with Crippen LogP contribution in [0.25, 0.3) is 11.0 Å². The first kappa shape index (κ1) is 21.5. The molecule has 0 saturated carbocycles. The Morgan fingerprint density at radius 3 is 2.77 bits per heavy atom. The molecule has 2 amide bonds. The van der Waals surface area contributed by atoms with Crippen molar-refractivity contribution in [3.05, 3.63) is 29.3 Å². The summed E-state index contributed by atoms with van der Waals surface area (Å²) in [5.74, 6) is -0.792. The fraction of sp³-hybridized carbons (Fsp3) is 0.250. The number of methoxy groups -OCH3 is 1. The molecule has 0 fully saturated rings. The van der Waals surface area contributed by atoms with Crippen LogP contribution in [-0.2, 0) is 10.0 Å². The molecule has 30 heavy (non-hydrogen) atoms. The van der Waals surface area contributed by atoms with Gasteiger partial charge in [0.2, 0.25) is 15.9 Å². The highest BCUT2D eigenvalue weighted by atomic mass is 35.5. The number of aromatic nitrogens is 4. The van der Waals surface area contributed by atoms with E-state index in [9.17, 15) is 17.6 Å². The van der Waals surface area contributed by atoms with E-state index in [1.807, 2.05) is 0 Å². The highest BCUT2D eigenvalue weighted by molar-refractivity contribution is 7.92. The normalized spacial score (nSPS) is 11.3. The number of carbonyl (C=O) groups is 1. The van der Waals surface area contributed by atoms with Crippen LogP contribution in [-0.4, -0.2) is 47.5 Å². The first-order chi connectivity index (χ1) is 14.3. The van der Waals surface area contributed by atoms with Crippen molar-refractivity contribution in [3.8, 4) is 5.88 Å². The molecule has 0 atom stereocenters. The standard InChI is InChI=1S/C16H17ClFN7O4S/c1-3-6-30(27,28)25-9-5-4-8(18)12(11(9)17)21-16(26)22-13-10-14(20-7-19-13)23-24-15(10)29-2/h4-5,7,25H,3,6H2,1-2H3,(H3,19,20,21,22,23,24,26). The molecule has 2 aromatic heterocycles. The number of amides is 2. The molecule has 0 radical (unpaired) electrons. The molecular weight excluding hydrogens is 441 g/mol. The van der Waals surface area contributed by atoms with Crippen LogP contribution in [0.2, 0.25) is 5.02 Å². The van der Waals surface area contributed by atoms with Gasteiger partial charge in [0.05, 0.1) is 29.3 Å². The maximum absolute atomic E-state index is 14.3. The van der Waals surface area contributed by atoms with Crippen molar-refractivity contribution in [2.45, 2.75) is 13.3 Å². The number of rotatable bonds is 7. The quantitative estimate of drug-likeness (QED) is 0.425. The lowest BCUT2D eigenvalue weighted by Crippen LogP contribution is -2.22. The molecule has 11 nitrogen and oxygen atoms in total. The molecule has 3 aromatic rings. The fourth-order valence-corrected chi connectivity index (χ4v) is 4.01. The van der Waals surface area contributed by atoms with Gasteiger partial charge >= 0.3 is 6.03 Å². The molecule has 0 bridgehead atoms. The molecule has 1 aromatic carbocycles. The van der Waals surface area contributed by atoms with Gasteiger partial charge in [0.25, 0.3) is 0 Å². The minimum Gasteiger partial charge on any atom is -0.479 e. The lowest BCUT2D eigenvalue weighted by atomic mass is 10.2. The Labute approximate surface area is 175 Å². The summed E-state index contributed by atoms with van der Waals surface area (Å²) in [7, 11) is -2.28. The van der Waals surface area contributed by atoms with E-state index in [2.05, 4.69) is 35.5 Å². The van der Waals surface area contributed by atoms with E-state index in [0.717, 1.165) is 12.1 Å². The maximum Gasteiger partial charge on any atom is 0.324 e. The molecule has 3 rings (SSSR count). The number of nitrogens with one attached hydrogen (secondary N) is 4. The van der Waals surface area contributed by atoms with Gasteiger partial charge in [-0.05, 0) is 18.6 Å². The second-order valence-corrected chi connectivity index (χ2v) is 8.18. The lowest BCUT2D eigenvalue weighted by Gasteiger charge is -2.14. The van der Waals surface area contributed by atoms with Gasteiger partial charge in [0.1, 0.15) is 17.5 Å². The van der Waals surface area contributed by atoms with Crippen LogP contribution in [0.1, 0.15) is 13.3 Å². The molecular formula is C16H17ClFN7O4S. The van der Waals surface area contributed by atoms with Gasteiger partial charge in [-0.2, -0.15) is 0 Å². The van der Waals surface area contributed by atoms with Crippen LogP contribution in [0.15, 0.2) is 18.5 Å². The third-order valence-corrected chi connectivity index (χ3v) is 5.69. The first-order valence-electron chi connectivity index (χ1n) is 8.55. The number of carbonyl (C=O) groups excluding carboxylic acids is 1. The van der Waals surface area contributed by atoms with Crippen molar-refractivity contribution in [3.63, 3.8) is 0 Å². The van der Waals surface area contributed by atoms with Crippen LogP contribution in [0.3, 0.4) is 0 Å². The number of urea groups is 1. The van der Waals surface area contributed by atoms with Gasteiger partial charge in [0.15, 0.2) is 11.5 Å². The smallest absolute Gasteiger partial charge is 0.324 e. The SMILES string of the molecule is CCCS(=O)(=O)Nc1ccc(F)c(NC(=O)Nc2ncnc3[nH]nc(OC)c23)c1Cl. The van der Waals surface area contributed by atoms with E-state index in [4.69, 9.17) is 16.3 Å². The summed E-state index contributed by atoms with van der Waals surface area (Å²) in [6.45, 7) is 1.70. The Hall–Kier alpha value is -3.19. The highest BCUT2D eigenvalue weighted by Crippen LogP contribution is 2.34. The molecule has 0 spiro atoms. The molecule has 0 unspecified atom stereocenters. The van der Waals surface area contributed by atoms with Gasteiger partial charge in [-0.3, -0.25) is 15.1 Å². The molecule has 14 heteroatoms. The summed E-state index contributed by atoms with van der Waals surface area (Å²) in [6.07, 6.45) is 1.57. The van der Waals surface area contributed by atoms with Crippen molar-refractivity contribution in [1.29, 1.82) is 0 Å². The number of nitrogens with zero attached hydrogens (tertiary/aromatic N) is 3. The zero-order valence-electron chi connectivity index (χ0n) is 15.8. The number of hydrogen-bond acceptors (Lipinski definition) is 7. The van der Waals surface area contributed by atoms with E-state index in [-0.39, 0.29) is 28.2 Å². The lowest BCUT2D eigenvalue weighted by molar-refractivity contribution is 0.262. The van der Waals surface area contributed by atoms with Crippen molar-refractivity contribution in [1.82, 2.24) is 20.2 Å². The van der Waals surface area contributed by atoms with Gasteiger partial charge < -0.3 is 10.1 Å². The number of hydrogen-bond donors (Lipinski definition) is 4. The average molecular weight is 458 g/mol. The Morgan fingerprint density at radius 1 is 1.30 bits per heavy atom. The Balaban J connectivity index is 1.85. The van der Waals surface area contributed by atoms with E-state index in [1.165, 1.54) is 13.4 Å². The Kier molecular flexibility index (Phi) is 6.22. The second-order valence-electron chi connectivity index (χ2n) is 5.96. The summed E-state index contributed by atoms with van der Waals surface area (Å²) in [5.41, 5.74) is -0.160. The largest absolute Gasteiger partial charge is 0.479 e. The first-order valence-corrected chi connectivity index (χ1v) is 10.6. The number of benzene rings is 1. The van der Waals surface area contributed by atoms with Crippen molar-refractivity contribution in [2.75, 3.05) is 28.2 Å². The van der Waals surface area contributed by atoms with Crippen LogP contribution >= 0.6 is 11.6 Å². The molecule has 0 aliphatic rings. The summed E-state index contributed by atoms with van der Waals surface area (Å²) in [4.78, 5) is 20.4. The van der Waals surface area contributed by atoms with Crippen molar-refractivity contribution >= 4 is 55.9 Å². The number of fused-ring (bicyclic) bond motifs is 1. The molecule has 0 aliphatic carbocycles. The maximum atomic E-state index is 14.3. The van der Waals surface area contributed by atoms with E-state index in [0.29, 0.717) is 17.5 Å². The number of sulfonamides is 1. The van der Waals surface area contributed by atoms with E-state index in [1.54, 1.807) is 6.92 Å². The summed E-state index contributed by atoms with van der Waals surface area (Å²) in [5, 5.41) is 11.2. The van der Waals surface area contributed by atoms with Crippen LogP contribution in [0.4, 0.5) is 26.4 Å². The van der Waals surface area contributed by atoms with Crippen LogP contribution in [0, 0.1) is 5.82 Å². The number of anilines is 3. The fourth-order valence-electron chi connectivity index (χ4n) is 2.56. The Morgan fingerprint density at radius 2 is 2.07 bits per heavy atom. The third kappa shape index (κ3) is 4.52. The average Bonchev–Trinajstić information content (AvgIpc) is 3.11. The summed E-state index contributed by atoms with van der Waals surface area (Å²) < 4.78 is 45.6. The topological polar surface area (TPSA) is 151 Å². The molecule has 0 saturated heterocycles. The summed E-state index contributed by atoms with van der Waals surface area (Å²) in [6, 6.07) is 1.26. The predicted octanol–water partition coefficient (Wildman–Crippen LogP) is 2.95. The van der Waals surface area contributed by atoms with Crippen molar-refractivity contribution in [2.24, 2.45) is 0 Å². The van der Waals surface area contributed by atoms with Crippen LogP contribution < -0.4 is 20.1 Å². The van der Waals surface area contributed by atoms with Gasteiger partial charge in [-0.25, -0.2) is 27.6 Å². The van der Waals surface area contributed by atoms with Crippen molar-refractivity contribution < 1.29 is 22.3 Å².